The van der Waals surface area contributed by atoms with Gasteiger partial charge in [0.05, 0.1) is 11.8 Å². The number of hydrogen-bond donors (Lipinski definition) is 2. The van der Waals surface area contributed by atoms with Crippen LogP contribution >= 0.6 is 11.5 Å². The first kappa shape index (κ1) is 14.5. The third kappa shape index (κ3) is 2.94. The van der Waals surface area contributed by atoms with Crippen LogP contribution in [-0.4, -0.2) is 45.4 Å². The predicted molar refractivity (Wildman–Crippen MR) is 79.0 cm³/mol. The van der Waals surface area contributed by atoms with Crippen molar-refractivity contribution in [1.82, 2.24) is 9.27 Å². The van der Waals surface area contributed by atoms with Gasteiger partial charge in [-0.1, -0.05) is 0 Å². The molecular formula is C14H19N3O3S. The van der Waals surface area contributed by atoms with Crippen LogP contribution in [0.25, 0.3) is 0 Å². The van der Waals surface area contributed by atoms with Crippen molar-refractivity contribution in [2.24, 2.45) is 5.41 Å². The summed E-state index contributed by atoms with van der Waals surface area (Å²) in [6.45, 7) is 3.03. The number of aromatic nitrogens is 1. The number of aryl methyl sites for hydroxylation is 1. The number of carbonyl (C=O) groups excluding carboxylic acids is 2. The van der Waals surface area contributed by atoms with E-state index in [-0.39, 0.29) is 11.5 Å². The number of nitrogens with zero attached hydrogens (tertiary/aromatic N) is 2. The highest BCUT2D eigenvalue weighted by atomic mass is 32.1. The van der Waals surface area contributed by atoms with Crippen LogP contribution in [0, 0.1) is 12.3 Å². The SMILES string of the molecule is Cc1cc(NC(=O)C(=O)N2CCC3(CC2)CC(O)C3)sn1. The second kappa shape index (κ2) is 5.38. The molecule has 0 bridgehead atoms. The van der Waals surface area contributed by atoms with Crippen LogP contribution in [0.3, 0.4) is 0 Å². The molecule has 2 heterocycles. The van der Waals surface area contributed by atoms with Gasteiger partial charge in [-0.3, -0.25) is 9.59 Å². The highest BCUT2D eigenvalue weighted by molar-refractivity contribution is 7.10. The lowest BCUT2D eigenvalue weighted by molar-refractivity contribution is -0.147. The van der Waals surface area contributed by atoms with Gasteiger partial charge in [0.25, 0.3) is 0 Å². The molecule has 6 nitrogen and oxygen atoms in total. The molecular weight excluding hydrogens is 290 g/mol. The maximum atomic E-state index is 12.1. The summed E-state index contributed by atoms with van der Waals surface area (Å²) in [6.07, 6.45) is 3.25. The van der Waals surface area contributed by atoms with Crippen LogP contribution in [0.4, 0.5) is 5.00 Å². The number of rotatable bonds is 1. The minimum atomic E-state index is -0.594. The van der Waals surface area contributed by atoms with Gasteiger partial charge in [0, 0.05) is 13.1 Å². The fourth-order valence-corrected chi connectivity index (χ4v) is 3.92. The van der Waals surface area contributed by atoms with Gasteiger partial charge < -0.3 is 15.3 Å². The molecule has 1 spiro atoms. The summed E-state index contributed by atoms with van der Waals surface area (Å²) in [5, 5.41) is 12.6. The summed E-state index contributed by atoms with van der Waals surface area (Å²) in [5.41, 5.74) is 1.03. The van der Waals surface area contributed by atoms with E-state index < -0.39 is 11.8 Å². The first-order valence-corrected chi connectivity index (χ1v) is 7.96. The molecule has 1 aliphatic heterocycles. The molecule has 2 amide bonds. The van der Waals surface area contributed by atoms with Crippen molar-refractivity contribution in [3.05, 3.63) is 11.8 Å². The Balaban J connectivity index is 1.53. The van der Waals surface area contributed by atoms with Crippen molar-refractivity contribution in [2.45, 2.75) is 38.7 Å². The topological polar surface area (TPSA) is 82.5 Å². The molecule has 1 aromatic heterocycles. The van der Waals surface area contributed by atoms with E-state index in [0.29, 0.717) is 18.1 Å². The predicted octanol–water partition coefficient (Wildman–Crippen LogP) is 1.15. The molecule has 2 N–H and O–H groups in total. The van der Waals surface area contributed by atoms with E-state index in [9.17, 15) is 14.7 Å². The monoisotopic (exact) mass is 309 g/mol. The molecule has 1 saturated heterocycles. The van der Waals surface area contributed by atoms with E-state index >= 15 is 0 Å². The molecule has 2 fully saturated rings. The van der Waals surface area contributed by atoms with Crippen molar-refractivity contribution in [2.75, 3.05) is 18.4 Å². The summed E-state index contributed by atoms with van der Waals surface area (Å²) in [6, 6.07) is 1.75. The molecule has 0 unspecified atom stereocenters. The van der Waals surface area contributed by atoms with Crippen molar-refractivity contribution < 1.29 is 14.7 Å². The molecule has 0 radical (unpaired) electrons. The number of hydrogen-bond acceptors (Lipinski definition) is 5. The zero-order chi connectivity index (χ0) is 15.0. The van der Waals surface area contributed by atoms with E-state index in [1.54, 1.807) is 11.0 Å². The van der Waals surface area contributed by atoms with Crippen LogP contribution < -0.4 is 5.32 Å². The average Bonchev–Trinajstić information content (AvgIpc) is 2.82. The zero-order valence-electron chi connectivity index (χ0n) is 12.0. The Hall–Kier alpha value is -1.47. The molecule has 0 atom stereocenters. The third-order valence-corrected chi connectivity index (χ3v) is 5.30. The van der Waals surface area contributed by atoms with Gasteiger partial charge in [-0.2, -0.15) is 4.37 Å². The Labute approximate surface area is 127 Å². The van der Waals surface area contributed by atoms with Gasteiger partial charge >= 0.3 is 11.8 Å². The quantitative estimate of drug-likeness (QED) is 0.763. The fourth-order valence-electron chi connectivity index (χ4n) is 3.26. The van der Waals surface area contributed by atoms with Gasteiger partial charge in [-0.05, 0) is 55.6 Å². The number of likely N-dealkylation sites (tertiary alicyclic amines) is 1. The second-order valence-electron chi connectivity index (χ2n) is 6.14. The highest BCUT2D eigenvalue weighted by Gasteiger charge is 2.46. The van der Waals surface area contributed by atoms with Gasteiger partial charge in [0.1, 0.15) is 5.00 Å². The van der Waals surface area contributed by atoms with Gasteiger partial charge in [-0.15, -0.1) is 0 Å². The number of piperidine rings is 1. The molecule has 0 aromatic carbocycles. The molecule has 2 aliphatic rings. The summed E-state index contributed by atoms with van der Waals surface area (Å²) in [7, 11) is 0. The molecule has 1 aromatic rings. The van der Waals surface area contributed by atoms with E-state index in [1.165, 1.54) is 11.5 Å². The first-order chi connectivity index (χ1) is 9.97. The molecule has 114 valence electrons. The van der Waals surface area contributed by atoms with Crippen molar-refractivity contribution >= 4 is 28.3 Å². The summed E-state index contributed by atoms with van der Waals surface area (Å²) in [4.78, 5) is 25.7. The van der Waals surface area contributed by atoms with E-state index in [2.05, 4.69) is 9.69 Å². The summed E-state index contributed by atoms with van der Waals surface area (Å²) >= 11 is 1.17. The molecule has 7 heteroatoms. The smallest absolute Gasteiger partial charge is 0.314 e. The Morgan fingerprint density at radius 3 is 2.62 bits per heavy atom. The van der Waals surface area contributed by atoms with E-state index in [0.717, 1.165) is 31.4 Å². The first-order valence-electron chi connectivity index (χ1n) is 7.19. The lowest BCUT2D eigenvalue weighted by atomic mass is 9.61. The van der Waals surface area contributed by atoms with Gasteiger partial charge in [-0.25, -0.2) is 0 Å². The minimum Gasteiger partial charge on any atom is -0.393 e. The summed E-state index contributed by atoms with van der Waals surface area (Å²) < 4.78 is 4.06. The largest absolute Gasteiger partial charge is 0.393 e. The number of nitrogens with one attached hydrogen (secondary N) is 1. The second-order valence-corrected chi connectivity index (χ2v) is 6.95. The van der Waals surface area contributed by atoms with Crippen LogP contribution in [0.15, 0.2) is 6.07 Å². The van der Waals surface area contributed by atoms with Crippen molar-refractivity contribution in [3.63, 3.8) is 0 Å². The number of anilines is 1. The lowest BCUT2D eigenvalue weighted by Crippen LogP contribution is -2.52. The number of aliphatic hydroxyl groups excluding tert-OH is 1. The Morgan fingerprint density at radius 2 is 2.10 bits per heavy atom. The lowest BCUT2D eigenvalue weighted by Gasteiger charge is -2.50. The number of aliphatic hydroxyl groups is 1. The normalized spacial score (nSPS) is 21.1. The maximum absolute atomic E-state index is 12.1. The van der Waals surface area contributed by atoms with Gasteiger partial charge in [0.15, 0.2) is 0 Å². The van der Waals surface area contributed by atoms with Crippen LogP contribution in [0.2, 0.25) is 0 Å². The molecule has 21 heavy (non-hydrogen) atoms. The van der Waals surface area contributed by atoms with E-state index in [1.807, 2.05) is 6.92 Å². The number of carbonyl (C=O) groups is 2. The molecule has 1 aliphatic carbocycles. The molecule has 1 saturated carbocycles. The van der Waals surface area contributed by atoms with E-state index in [4.69, 9.17) is 0 Å². The number of amides is 2. The standard InChI is InChI=1S/C14H19N3O3S/c1-9-6-11(21-16-9)15-12(19)13(20)17-4-2-14(3-5-17)7-10(18)8-14/h6,10,18H,2-5,7-8H2,1H3,(H,15,19). The summed E-state index contributed by atoms with van der Waals surface area (Å²) in [5.74, 6) is -1.07. The maximum Gasteiger partial charge on any atom is 0.314 e. The van der Waals surface area contributed by atoms with Crippen LogP contribution in [-0.2, 0) is 9.59 Å². The average molecular weight is 309 g/mol. The minimum absolute atomic E-state index is 0.176. The van der Waals surface area contributed by atoms with Crippen molar-refractivity contribution in [1.29, 1.82) is 0 Å². The highest BCUT2D eigenvalue weighted by Crippen LogP contribution is 2.48. The Bertz CT molecular complexity index is 556. The van der Waals surface area contributed by atoms with Crippen LogP contribution in [0.5, 0.6) is 0 Å². The van der Waals surface area contributed by atoms with Crippen molar-refractivity contribution in [3.8, 4) is 0 Å². The molecule has 3 rings (SSSR count). The fraction of sp³-hybridized carbons (Fsp3) is 0.643. The third-order valence-electron chi connectivity index (χ3n) is 4.51. The Kier molecular flexibility index (Phi) is 3.71. The zero-order valence-corrected chi connectivity index (χ0v) is 12.8. The van der Waals surface area contributed by atoms with Gasteiger partial charge in [0.2, 0.25) is 0 Å². The Morgan fingerprint density at radius 1 is 1.43 bits per heavy atom. The van der Waals surface area contributed by atoms with Crippen LogP contribution in [0.1, 0.15) is 31.4 Å².